The van der Waals surface area contributed by atoms with Gasteiger partial charge in [0.2, 0.25) is 5.91 Å². The van der Waals surface area contributed by atoms with Crippen molar-refractivity contribution in [3.8, 4) is 0 Å². The first-order valence-electron chi connectivity index (χ1n) is 6.45. The second-order valence-corrected chi connectivity index (χ2v) is 5.22. The minimum Gasteiger partial charge on any atom is -0.379 e. The summed E-state index contributed by atoms with van der Waals surface area (Å²) in [6.45, 7) is 9.22. The van der Waals surface area contributed by atoms with Crippen LogP contribution in [0.1, 0.15) is 13.8 Å². The maximum atomic E-state index is 11.9. The molecule has 0 aromatic rings. The van der Waals surface area contributed by atoms with Crippen LogP contribution < -0.4 is 5.73 Å². The largest absolute Gasteiger partial charge is 0.379 e. The number of likely N-dealkylation sites (tertiary alicyclic amines) is 1. The molecular formula is C12H23N3O2. The fourth-order valence-electron chi connectivity index (χ4n) is 2.80. The lowest BCUT2D eigenvalue weighted by Crippen LogP contribution is -2.47. The van der Waals surface area contributed by atoms with E-state index in [0.29, 0.717) is 12.0 Å². The first kappa shape index (κ1) is 12.8. The summed E-state index contributed by atoms with van der Waals surface area (Å²) < 4.78 is 5.36. The maximum absolute atomic E-state index is 11.9. The molecule has 3 unspecified atom stereocenters. The molecule has 2 N–H and O–H groups in total. The van der Waals surface area contributed by atoms with Gasteiger partial charge >= 0.3 is 0 Å². The molecule has 1 amide bonds. The molecule has 0 bridgehead atoms. The Morgan fingerprint density at radius 3 is 2.59 bits per heavy atom. The van der Waals surface area contributed by atoms with Crippen molar-refractivity contribution < 1.29 is 9.53 Å². The topological polar surface area (TPSA) is 58.8 Å². The third-order valence-corrected chi connectivity index (χ3v) is 3.79. The number of ether oxygens (including phenoxy) is 1. The zero-order valence-electron chi connectivity index (χ0n) is 10.8. The Bertz CT molecular complexity index is 277. The van der Waals surface area contributed by atoms with Crippen LogP contribution in [0.3, 0.4) is 0 Å². The van der Waals surface area contributed by atoms with Gasteiger partial charge in [-0.1, -0.05) is 6.92 Å². The van der Waals surface area contributed by atoms with E-state index in [1.807, 2.05) is 4.90 Å². The molecule has 98 valence electrons. The van der Waals surface area contributed by atoms with E-state index in [9.17, 15) is 4.79 Å². The van der Waals surface area contributed by atoms with Crippen molar-refractivity contribution in [2.45, 2.75) is 25.9 Å². The van der Waals surface area contributed by atoms with Crippen molar-refractivity contribution in [2.24, 2.45) is 11.7 Å². The van der Waals surface area contributed by atoms with Crippen molar-refractivity contribution in [1.29, 1.82) is 0 Å². The number of carbonyl (C=O) groups excluding carboxylic acids is 1. The molecule has 17 heavy (non-hydrogen) atoms. The Morgan fingerprint density at radius 1 is 1.35 bits per heavy atom. The number of hydrogen-bond acceptors (Lipinski definition) is 4. The molecule has 2 fully saturated rings. The molecule has 0 saturated carbocycles. The number of nitrogens with two attached hydrogens (primary N) is 1. The van der Waals surface area contributed by atoms with E-state index < -0.39 is 0 Å². The SMILES string of the molecule is CC(N)C(=O)N1CC(C)C(N2CCOCC2)C1. The van der Waals surface area contributed by atoms with Gasteiger partial charge in [-0.3, -0.25) is 9.69 Å². The van der Waals surface area contributed by atoms with Gasteiger partial charge in [-0.25, -0.2) is 0 Å². The average molecular weight is 241 g/mol. The molecule has 0 aromatic heterocycles. The molecule has 0 radical (unpaired) electrons. The van der Waals surface area contributed by atoms with Crippen LogP contribution in [-0.2, 0) is 9.53 Å². The van der Waals surface area contributed by atoms with E-state index in [0.717, 1.165) is 39.4 Å². The molecule has 2 aliphatic heterocycles. The standard InChI is InChI=1S/C12H23N3O2/c1-9-7-15(12(16)10(2)13)8-11(9)14-3-5-17-6-4-14/h9-11H,3-8,13H2,1-2H3. The highest BCUT2D eigenvalue weighted by atomic mass is 16.5. The molecular weight excluding hydrogens is 218 g/mol. The quantitative estimate of drug-likeness (QED) is 0.709. The molecule has 0 aromatic carbocycles. The lowest BCUT2D eigenvalue weighted by atomic mass is 10.0. The Hall–Kier alpha value is -0.650. The zero-order chi connectivity index (χ0) is 12.4. The monoisotopic (exact) mass is 241 g/mol. The highest BCUT2D eigenvalue weighted by Crippen LogP contribution is 2.23. The van der Waals surface area contributed by atoms with Crippen LogP contribution in [0.5, 0.6) is 0 Å². The normalized spacial score (nSPS) is 32.8. The molecule has 0 spiro atoms. The van der Waals surface area contributed by atoms with Gasteiger partial charge in [-0.05, 0) is 12.8 Å². The Labute approximate surface area is 103 Å². The van der Waals surface area contributed by atoms with Crippen molar-refractivity contribution in [3.63, 3.8) is 0 Å². The highest BCUT2D eigenvalue weighted by Gasteiger charge is 2.37. The molecule has 2 rings (SSSR count). The van der Waals surface area contributed by atoms with Crippen molar-refractivity contribution >= 4 is 5.91 Å². The van der Waals surface area contributed by atoms with E-state index in [1.54, 1.807) is 6.92 Å². The lowest BCUT2D eigenvalue weighted by molar-refractivity contribution is -0.131. The minimum absolute atomic E-state index is 0.0765. The van der Waals surface area contributed by atoms with Gasteiger partial charge < -0.3 is 15.4 Å². The summed E-state index contributed by atoms with van der Waals surface area (Å²) in [6.07, 6.45) is 0. The highest BCUT2D eigenvalue weighted by molar-refractivity contribution is 5.81. The van der Waals surface area contributed by atoms with Crippen LogP contribution in [0.15, 0.2) is 0 Å². The van der Waals surface area contributed by atoms with Gasteiger partial charge in [0, 0.05) is 32.2 Å². The minimum atomic E-state index is -0.384. The van der Waals surface area contributed by atoms with Crippen LogP contribution in [0.4, 0.5) is 0 Å². The average Bonchev–Trinajstić information content (AvgIpc) is 2.71. The van der Waals surface area contributed by atoms with Crippen molar-refractivity contribution in [2.75, 3.05) is 39.4 Å². The number of nitrogens with zero attached hydrogens (tertiary/aromatic N) is 2. The van der Waals surface area contributed by atoms with Crippen LogP contribution in [0.25, 0.3) is 0 Å². The van der Waals surface area contributed by atoms with E-state index in [1.165, 1.54) is 0 Å². The van der Waals surface area contributed by atoms with E-state index >= 15 is 0 Å². The first-order chi connectivity index (χ1) is 8.09. The van der Waals surface area contributed by atoms with Gasteiger partial charge in [0.15, 0.2) is 0 Å². The van der Waals surface area contributed by atoms with Gasteiger partial charge in [0.1, 0.15) is 0 Å². The third-order valence-electron chi connectivity index (χ3n) is 3.79. The maximum Gasteiger partial charge on any atom is 0.239 e. The predicted octanol–water partition coefficient (Wildman–Crippen LogP) is -0.487. The van der Waals surface area contributed by atoms with Crippen molar-refractivity contribution in [1.82, 2.24) is 9.80 Å². The molecule has 5 nitrogen and oxygen atoms in total. The summed E-state index contributed by atoms with van der Waals surface area (Å²) >= 11 is 0. The summed E-state index contributed by atoms with van der Waals surface area (Å²) in [5, 5.41) is 0. The van der Waals surface area contributed by atoms with Gasteiger partial charge in [-0.15, -0.1) is 0 Å². The van der Waals surface area contributed by atoms with Crippen LogP contribution in [0, 0.1) is 5.92 Å². The second-order valence-electron chi connectivity index (χ2n) is 5.22. The van der Waals surface area contributed by atoms with Gasteiger partial charge in [0.25, 0.3) is 0 Å². The van der Waals surface area contributed by atoms with Crippen LogP contribution in [0.2, 0.25) is 0 Å². The van der Waals surface area contributed by atoms with Crippen LogP contribution >= 0.6 is 0 Å². The number of amides is 1. The van der Waals surface area contributed by atoms with E-state index in [2.05, 4.69) is 11.8 Å². The van der Waals surface area contributed by atoms with Gasteiger partial charge in [-0.2, -0.15) is 0 Å². The summed E-state index contributed by atoms with van der Waals surface area (Å²) in [4.78, 5) is 16.2. The Balaban J connectivity index is 1.94. The lowest BCUT2D eigenvalue weighted by Gasteiger charge is -2.34. The molecule has 3 atom stereocenters. The number of carbonyl (C=O) groups is 1. The fraction of sp³-hybridized carbons (Fsp3) is 0.917. The van der Waals surface area contributed by atoms with Crippen molar-refractivity contribution in [3.05, 3.63) is 0 Å². The summed E-state index contributed by atoms with van der Waals surface area (Å²) in [5.41, 5.74) is 5.66. The van der Waals surface area contributed by atoms with Crippen LogP contribution in [-0.4, -0.2) is 67.2 Å². The Kier molecular flexibility index (Phi) is 4.01. The number of hydrogen-bond donors (Lipinski definition) is 1. The molecule has 5 heteroatoms. The molecule has 2 heterocycles. The summed E-state index contributed by atoms with van der Waals surface area (Å²) in [7, 11) is 0. The summed E-state index contributed by atoms with van der Waals surface area (Å²) in [5.74, 6) is 0.600. The summed E-state index contributed by atoms with van der Waals surface area (Å²) in [6, 6.07) is 0.0900. The zero-order valence-corrected chi connectivity index (χ0v) is 10.8. The third kappa shape index (κ3) is 2.78. The number of morpholine rings is 1. The Morgan fingerprint density at radius 2 is 2.00 bits per heavy atom. The van der Waals surface area contributed by atoms with E-state index in [-0.39, 0.29) is 11.9 Å². The first-order valence-corrected chi connectivity index (χ1v) is 6.45. The van der Waals surface area contributed by atoms with E-state index in [4.69, 9.17) is 10.5 Å². The molecule has 2 aliphatic rings. The second kappa shape index (κ2) is 5.33. The van der Waals surface area contributed by atoms with Gasteiger partial charge in [0.05, 0.1) is 19.3 Å². The smallest absolute Gasteiger partial charge is 0.239 e. The number of rotatable bonds is 2. The molecule has 2 saturated heterocycles. The fourth-order valence-corrected chi connectivity index (χ4v) is 2.80. The molecule has 0 aliphatic carbocycles. The predicted molar refractivity (Wildman–Crippen MR) is 65.6 cm³/mol.